The molecule has 1 N–H and O–H groups in total. The Morgan fingerprint density at radius 3 is 2.69 bits per heavy atom. The summed E-state index contributed by atoms with van der Waals surface area (Å²) in [5, 5.41) is 24.8. The van der Waals surface area contributed by atoms with E-state index < -0.39 is 16.6 Å². The minimum absolute atomic E-state index is 0.00904. The fraction of sp³-hybridized carbons (Fsp3) is 0.125. The van der Waals surface area contributed by atoms with Crippen LogP contribution in [0.5, 0.6) is 0 Å². The number of carbonyl (C=O) groups excluding carboxylic acids is 1. The number of nitro groups is 1. The number of aromatic nitrogens is 4. The third-order valence-corrected chi connectivity index (χ3v) is 3.68. The highest BCUT2D eigenvalue weighted by molar-refractivity contribution is 5.94. The van der Waals surface area contributed by atoms with Gasteiger partial charge in [-0.05, 0) is 47.7 Å². The Bertz CT molecular complexity index is 970. The summed E-state index contributed by atoms with van der Waals surface area (Å²) in [7, 11) is 0. The van der Waals surface area contributed by atoms with Crippen molar-refractivity contribution in [1.82, 2.24) is 25.5 Å². The number of rotatable bonds is 5. The van der Waals surface area contributed by atoms with E-state index in [1.54, 1.807) is 6.92 Å². The monoisotopic (exact) mass is 356 g/mol. The lowest BCUT2D eigenvalue weighted by molar-refractivity contribution is -0.385. The summed E-state index contributed by atoms with van der Waals surface area (Å²) >= 11 is 0. The van der Waals surface area contributed by atoms with Gasteiger partial charge in [0.1, 0.15) is 5.82 Å². The minimum atomic E-state index is -0.540. The molecule has 0 saturated carbocycles. The maximum Gasteiger partial charge on any atom is 0.273 e. The largest absolute Gasteiger partial charge is 0.345 e. The van der Waals surface area contributed by atoms with E-state index in [9.17, 15) is 19.3 Å². The number of halogens is 1. The van der Waals surface area contributed by atoms with Crippen LogP contribution in [-0.2, 0) is 6.54 Å². The third-order valence-electron chi connectivity index (χ3n) is 3.68. The van der Waals surface area contributed by atoms with E-state index in [-0.39, 0.29) is 17.8 Å². The summed E-state index contributed by atoms with van der Waals surface area (Å²) in [6.07, 6.45) is 0. The molecule has 0 saturated heterocycles. The van der Waals surface area contributed by atoms with Crippen LogP contribution in [0.1, 0.15) is 21.7 Å². The Hall–Kier alpha value is -3.69. The standard InChI is InChI=1S/C16H13FN6O3/c1-10-2-3-11(8-14(10)23(25)26)16(24)18-9-15-19-20-21-22(15)13-6-4-12(17)5-7-13/h2-8H,9H2,1H3,(H,18,24). The van der Waals surface area contributed by atoms with Crippen molar-refractivity contribution in [2.24, 2.45) is 0 Å². The molecule has 0 aliphatic carbocycles. The van der Waals surface area contributed by atoms with Crippen LogP contribution in [0.2, 0.25) is 0 Å². The van der Waals surface area contributed by atoms with E-state index in [0.717, 1.165) is 0 Å². The van der Waals surface area contributed by atoms with E-state index in [1.165, 1.54) is 47.1 Å². The molecule has 0 aliphatic rings. The van der Waals surface area contributed by atoms with Crippen molar-refractivity contribution < 1.29 is 14.1 Å². The highest BCUT2D eigenvalue weighted by Gasteiger charge is 2.16. The van der Waals surface area contributed by atoms with E-state index in [2.05, 4.69) is 20.8 Å². The molecule has 0 aliphatic heterocycles. The van der Waals surface area contributed by atoms with Crippen LogP contribution in [-0.4, -0.2) is 31.0 Å². The topological polar surface area (TPSA) is 116 Å². The zero-order chi connectivity index (χ0) is 18.7. The molecule has 1 aromatic heterocycles. The van der Waals surface area contributed by atoms with Crippen molar-refractivity contribution >= 4 is 11.6 Å². The highest BCUT2D eigenvalue weighted by atomic mass is 19.1. The zero-order valence-corrected chi connectivity index (χ0v) is 13.6. The fourth-order valence-corrected chi connectivity index (χ4v) is 2.31. The summed E-state index contributed by atoms with van der Waals surface area (Å²) < 4.78 is 14.4. The van der Waals surface area contributed by atoms with E-state index in [0.29, 0.717) is 17.1 Å². The van der Waals surface area contributed by atoms with Gasteiger partial charge in [0.05, 0.1) is 17.2 Å². The Labute approximate surface area is 146 Å². The van der Waals surface area contributed by atoms with Crippen molar-refractivity contribution in [1.29, 1.82) is 0 Å². The van der Waals surface area contributed by atoms with E-state index in [4.69, 9.17) is 0 Å². The molecule has 3 aromatic rings. The number of carbonyl (C=O) groups is 1. The first-order valence-corrected chi connectivity index (χ1v) is 7.52. The number of nitrogens with zero attached hydrogens (tertiary/aromatic N) is 5. The second kappa shape index (κ2) is 7.05. The first kappa shape index (κ1) is 17.1. The van der Waals surface area contributed by atoms with Crippen LogP contribution < -0.4 is 5.32 Å². The highest BCUT2D eigenvalue weighted by Crippen LogP contribution is 2.19. The maximum absolute atomic E-state index is 13.0. The third kappa shape index (κ3) is 3.53. The minimum Gasteiger partial charge on any atom is -0.345 e. The van der Waals surface area contributed by atoms with Gasteiger partial charge in [0, 0.05) is 17.2 Å². The molecule has 0 bridgehead atoms. The van der Waals surface area contributed by atoms with Gasteiger partial charge in [0.15, 0.2) is 5.82 Å². The lowest BCUT2D eigenvalue weighted by Gasteiger charge is -2.07. The van der Waals surface area contributed by atoms with Gasteiger partial charge in [0.2, 0.25) is 0 Å². The first-order valence-electron chi connectivity index (χ1n) is 7.52. The molecule has 1 amide bonds. The molecule has 0 radical (unpaired) electrons. The number of benzene rings is 2. The number of nitrogens with one attached hydrogen (secondary N) is 1. The molecule has 0 fully saturated rings. The second-order valence-corrected chi connectivity index (χ2v) is 5.42. The lowest BCUT2D eigenvalue weighted by atomic mass is 10.1. The van der Waals surface area contributed by atoms with Gasteiger partial charge >= 0.3 is 0 Å². The van der Waals surface area contributed by atoms with Crippen LogP contribution in [0.15, 0.2) is 42.5 Å². The molecular formula is C16H13FN6O3. The van der Waals surface area contributed by atoms with Crippen LogP contribution in [0.4, 0.5) is 10.1 Å². The molecule has 10 heteroatoms. The molecule has 0 unspecified atom stereocenters. The molecular weight excluding hydrogens is 343 g/mol. The van der Waals surface area contributed by atoms with Crippen molar-refractivity contribution in [3.8, 4) is 5.69 Å². The average molecular weight is 356 g/mol. The molecule has 26 heavy (non-hydrogen) atoms. The average Bonchev–Trinajstić information content (AvgIpc) is 3.09. The van der Waals surface area contributed by atoms with Crippen LogP contribution in [0.3, 0.4) is 0 Å². The molecule has 9 nitrogen and oxygen atoms in total. The molecule has 0 atom stereocenters. The smallest absolute Gasteiger partial charge is 0.273 e. The first-order chi connectivity index (χ1) is 12.5. The van der Waals surface area contributed by atoms with Crippen LogP contribution in [0, 0.1) is 22.9 Å². The fourth-order valence-electron chi connectivity index (χ4n) is 2.31. The van der Waals surface area contributed by atoms with Crippen LogP contribution >= 0.6 is 0 Å². The summed E-state index contributed by atoms with van der Waals surface area (Å²) in [6, 6.07) is 9.76. The van der Waals surface area contributed by atoms with E-state index >= 15 is 0 Å². The Kier molecular flexibility index (Phi) is 4.65. The molecule has 2 aromatic carbocycles. The van der Waals surface area contributed by atoms with Gasteiger partial charge in [-0.2, -0.15) is 4.68 Å². The van der Waals surface area contributed by atoms with Gasteiger partial charge in [0.25, 0.3) is 11.6 Å². The summed E-state index contributed by atoms with van der Waals surface area (Å²) in [6.45, 7) is 1.58. The van der Waals surface area contributed by atoms with Gasteiger partial charge in [-0.1, -0.05) is 6.07 Å². The molecule has 0 spiro atoms. The van der Waals surface area contributed by atoms with Gasteiger partial charge in [-0.3, -0.25) is 14.9 Å². The van der Waals surface area contributed by atoms with Crippen molar-refractivity contribution in [3.63, 3.8) is 0 Å². The predicted molar refractivity (Wildman–Crippen MR) is 88.1 cm³/mol. The SMILES string of the molecule is Cc1ccc(C(=O)NCc2nnnn2-c2ccc(F)cc2)cc1[N+](=O)[O-]. The Morgan fingerprint density at radius 2 is 2.00 bits per heavy atom. The number of hydrogen-bond donors (Lipinski definition) is 1. The Morgan fingerprint density at radius 1 is 1.27 bits per heavy atom. The second-order valence-electron chi connectivity index (χ2n) is 5.42. The molecule has 3 rings (SSSR count). The zero-order valence-electron chi connectivity index (χ0n) is 13.6. The van der Waals surface area contributed by atoms with Gasteiger partial charge < -0.3 is 5.32 Å². The van der Waals surface area contributed by atoms with Gasteiger partial charge in [-0.25, -0.2) is 4.39 Å². The van der Waals surface area contributed by atoms with Crippen molar-refractivity contribution in [2.75, 3.05) is 0 Å². The number of tetrazole rings is 1. The summed E-state index contributed by atoms with van der Waals surface area (Å²) in [4.78, 5) is 22.7. The van der Waals surface area contributed by atoms with Crippen molar-refractivity contribution in [2.45, 2.75) is 13.5 Å². The molecule has 132 valence electrons. The molecule has 1 heterocycles. The number of amides is 1. The predicted octanol–water partition coefficient (Wildman–Crippen LogP) is 1.95. The van der Waals surface area contributed by atoms with Crippen molar-refractivity contribution in [3.05, 3.63) is 75.3 Å². The number of hydrogen-bond acceptors (Lipinski definition) is 6. The quantitative estimate of drug-likeness (QED) is 0.552. The number of aryl methyl sites for hydroxylation is 1. The summed E-state index contributed by atoms with van der Waals surface area (Å²) in [5.41, 5.74) is 1.02. The van der Waals surface area contributed by atoms with Gasteiger partial charge in [-0.15, -0.1) is 5.10 Å². The summed E-state index contributed by atoms with van der Waals surface area (Å²) in [5.74, 6) is -0.564. The lowest BCUT2D eigenvalue weighted by Crippen LogP contribution is -2.24. The number of nitro benzene ring substituents is 1. The van der Waals surface area contributed by atoms with Crippen LogP contribution in [0.25, 0.3) is 5.69 Å². The van der Waals surface area contributed by atoms with E-state index in [1.807, 2.05) is 0 Å². The normalized spacial score (nSPS) is 10.5. The maximum atomic E-state index is 13.0. The Balaban J connectivity index is 1.75.